The first-order chi connectivity index (χ1) is 47.2. The Balaban J connectivity index is 4.67. The van der Waals surface area contributed by atoms with Crippen LogP contribution < -0.4 is 0 Å². The van der Waals surface area contributed by atoms with Gasteiger partial charge in [0.2, 0.25) is 0 Å². The number of phosphoric acid groups is 2. The summed E-state index contributed by atoms with van der Waals surface area (Å²) in [6.45, 7) is 2.25. The molecule has 0 radical (unpaired) electrons. The number of aliphatic hydroxyl groups is 2. The number of esters is 3. The molecule has 0 aromatic heterocycles. The van der Waals surface area contributed by atoms with E-state index in [1.54, 1.807) is 0 Å². The van der Waals surface area contributed by atoms with Gasteiger partial charge in [0.15, 0.2) is 6.10 Å². The zero-order valence-corrected chi connectivity index (χ0v) is 61.5. The third-order valence-electron chi connectivity index (χ3n) is 14.4. The van der Waals surface area contributed by atoms with Crippen LogP contribution in [0.3, 0.4) is 0 Å². The highest BCUT2D eigenvalue weighted by atomic mass is 31.2. The standard InChI is InChI=1S/C79H128O16P2/c1-4-7-10-13-16-19-22-25-28-31-32-33-34-35-36-37-38-39-40-43-45-47-50-53-56-59-62-65-77(82)89-68-74(80)69-91-96(85,86)92-70-75(81)71-93-97(87,88)94-73-76(95-79(84)67-64-61-58-55-52-49-46-42-30-27-24-21-18-15-12-9-6-3)72-90-78(83)66-63-60-57-54-51-48-44-41-29-26-23-20-17-14-11-8-5-2/h8-9,11-12,16-21,25-30,32-33,35-36,44,46,48-49,54-55,57-58,74-76,80-81H,4-7,10,13-15,22-24,31,34,37-43,45,47,50-53,56,59-73H2,1-3H3,(H,85,86)(H,87,88)/b11-8-,12-9-,19-16-,20-17-,21-18-,28-25-,29-26-,30-27-,33-32-,36-35-,48-44-,49-46-,57-54-,58-55-. The van der Waals surface area contributed by atoms with E-state index in [2.05, 4.69) is 167 Å². The fourth-order valence-electron chi connectivity index (χ4n) is 8.92. The van der Waals surface area contributed by atoms with Gasteiger partial charge in [0, 0.05) is 19.3 Å². The zero-order chi connectivity index (χ0) is 70.9. The van der Waals surface area contributed by atoms with Crippen LogP contribution in [0.5, 0.6) is 0 Å². The Morgan fingerprint density at radius 2 is 0.557 bits per heavy atom. The Labute approximate surface area is 586 Å². The van der Waals surface area contributed by atoms with Crippen molar-refractivity contribution in [2.75, 3.05) is 39.6 Å². The zero-order valence-electron chi connectivity index (χ0n) is 59.7. The van der Waals surface area contributed by atoms with E-state index in [1.807, 2.05) is 24.3 Å². The van der Waals surface area contributed by atoms with Crippen LogP contribution in [0.4, 0.5) is 0 Å². The van der Waals surface area contributed by atoms with E-state index in [4.69, 9.17) is 32.3 Å². The average Bonchev–Trinajstić information content (AvgIpc) is 2.38. The molecule has 0 amide bonds. The molecular formula is C79H128O16P2. The Bertz CT molecular complexity index is 2440. The maximum atomic E-state index is 12.9. The molecule has 0 spiro atoms. The van der Waals surface area contributed by atoms with Gasteiger partial charge in [-0.25, -0.2) is 9.13 Å². The minimum atomic E-state index is -4.96. The number of unbranched alkanes of at least 4 members (excludes halogenated alkanes) is 16. The maximum Gasteiger partial charge on any atom is 0.472 e. The number of phosphoric ester groups is 2. The minimum Gasteiger partial charge on any atom is -0.463 e. The number of hydrogen-bond donors (Lipinski definition) is 4. The molecule has 0 fully saturated rings. The van der Waals surface area contributed by atoms with E-state index in [0.717, 1.165) is 116 Å². The van der Waals surface area contributed by atoms with Crippen LogP contribution in [0, 0.1) is 0 Å². The van der Waals surface area contributed by atoms with Gasteiger partial charge in [-0.1, -0.05) is 262 Å². The van der Waals surface area contributed by atoms with Crippen molar-refractivity contribution in [3.63, 3.8) is 0 Å². The summed E-state index contributed by atoms with van der Waals surface area (Å²) < 4.78 is 60.8. The summed E-state index contributed by atoms with van der Waals surface area (Å²) in [5, 5.41) is 20.6. The predicted molar refractivity (Wildman–Crippen MR) is 398 cm³/mol. The molecule has 97 heavy (non-hydrogen) atoms. The van der Waals surface area contributed by atoms with Crippen molar-refractivity contribution in [3.05, 3.63) is 170 Å². The fraction of sp³-hybridized carbons (Fsp3) is 0.608. The van der Waals surface area contributed by atoms with Crippen molar-refractivity contribution in [2.45, 2.75) is 270 Å². The molecule has 4 N–H and O–H groups in total. The Kier molecular flexibility index (Phi) is 67.0. The molecule has 0 aliphatic heterocycles. The smallest absolute Gasteiger partial charge is 0.463 e. The molecule has 0 rings (SSSR count). The monoisotopic (exact) mass is 1390 g/mol. The van der Waals surface area contributed by atoms with Crippen LogP contribution in [-0.4, -0.2) is 95.9 Å². The van der Waals surface area contributed by atoms with E-state index >= 15 is 0 Å². The molecule has 0 aliphatic carbocycles. The summed E-state index contributed by atoms with van der Waals surface area (Å²) in [6.07, 6.45) is 88.6. The number of rotatable bonds is 67. The van der Waals surface area contributed by atoms with Crippen LogP contribution in [0.25, 0.3) is 0 Å². The summed E-state index contributed by atoms with van der Waals surface area (Å²) in [4.78, 5) is 58.4. The third kappa shape index (κ3) is 72.0. The maximum absolute atomic E-state index is 12.9. The van der Waals surface area contributed by atoms with Crippen molar-refractivity contribution < 1.29 is 75.8 Å². The average molecular weight is 1400 g/mol. The summed E-state index contributed by atoms with van der Waals surface area (Å²) in [7, 11) is -9.83. The summed E-state index contributed by atoms with van der Waals surface area (Å²) in [5.41, 5.74) is 0. The lowest BCUT2D eigenvalue weighted by atomic mass is 10.0. The van der Waals surface area contributed by atoms with Gasteiger partial charge in [-0.2, -0.15) is 0 Å². The third-order valence-corrected chi connectivity index (χ3v) is 16.3. The molecular weight excluding hydrogens is 1270 g/mol. The summed E-state index contributed by atoms with van der Waals surface area (Å²) in [5.74, 6) is -1.73. The largest absolute Gasteiger partial charge is 0.472 e. The van der Waals surface area contributed by atoms with E-state index in [-0.39, 0.29) is 19.3 Å². The molecule has 16 nitrogen and oxygen atoms in total. The first-order valence-electron chi connectivity index (χ1n) is 36.4. The van der Waals surface area contributed by atoms with Gasteiger partial charge < -0.3 is 34.2 Å². The van der Waals surface area contributed by atoms with Gasteiger partial charge in [0.25, 0.3) is 0 Å². The van der Waals surface area contributed by atoms with Crippen molar-refractivity contribution in [1.29, 1.82) is 0 Å². The Hall–Kier alpha value is -5.09. The quantitative estimate of drug-likeness (QED) is 0.0146. The second kappa shape index (κ2) is 70.8. The molecule has 0 aliphatic rings. The number of carbonyl (C=O) groups is 3. The first-order valence-corrected chi connectivity index (χ1v) is 39.4. The molecule has 5 atom stereocenters. The Morgan fingerprint density at radius 1 is 0.299 bits per heavy atom. The van der Waals surface area contributed by atoms with Crippen molar-refractivity contribution in [2.24, 2.45) is 0 Å². The van der Waals surface area contributed by atoms with Gasteiger partial charge in [-0.3, -0.25) is 32.5 Å². The van der Waals surface area contributed by atoms with Crippen LogP contribution in [0.15, 0.2) is 170 Å². The highest BCUT2D eigenvalue weighted by Gasteiger charge is 2.29. The first kappa shape index (κ1) is 91.9. The molecule has 0 saturated carbocycles. The molecule has 550 valence electrons. The van der Waals surface area contributed by atoms with Gasteiger partial charge >= 0.3 is 33.6 Å². The molecule has 18 heteroatoms. The molecule has 0 bridgehead atoms. The number of ether oxygens (including phenoxy) is 3. The van der Waals surface area contributed by atoms with Gasteiger partial charge in [-0.15, -0.1) is 0 Å². The van der Waals surface area contributed by atoms with E-state index in [1.165, 1.54) is 64.2 Å². The second-order valence-electron chi connectivity index (χ2n) is 23.6. The van der Waals surface area contributed by atoms with Gasteiger partial charge in [0.1, 0.15) is 25.4 Å². The molecule has 0 aromatic rings. The highest BCUT2D eigenvalue weighted by Crippen LogP contribution is 2.45. The molecule has 0 saturated heterocycles. The lowest BCUT2D eigenvalue weighted by Gasteiger charge is -2.21. The van der Waals surface area contributed by atoms with Crippen molar-refractivity contribution >= 4 is 33.6 Å². The number of carbonyl (C=O) groups excluding carboxylic acids is 3. The van der Waals surface area contributed by atoms with E-state index in [0.29, 0.717) is 32.1 Å². The molecule has 0 heterocycles. The van der Waals surface area contributed by atoms with Crippen molar-refractivity contribution in [1.82, 2.24) is 0 Å². The Morgan fingerprint density at radius 3 is 0.907 bits per heavy atom. The number of aliphatic hydroxyl groups excluding tert-OH is 2. The lowest BCUT2D eigenvalue weighted by molar-refractivity contribution is -0.161. The number of hydrogen-bond acceptors (Lipinski definition) is 14. The summed E-state index contributed by atoms with van der Waals surface area (Å²) >= 11 is 0. The van der Waals surface area contributed by atoms with Crippen LogP contribution in [0.1, 0.15) is 252 Å². The molecule has 0 aromatic carbocycles. The minimum absolute atomic E-state index is 0.00719. The van der Waals surface area contributed by atoms with Crippen molar-refractivity contribution in [3.8, 4) is 0 Å². The van der Waals surface area contributed by atoms with Crippen LogP contribution in [-0.2, 0) is 55.8 Å². The topological polar surface area (TPSA) is 231 Å². The fourth-order valence-corrected chi connectivity index (χ4v) is 10.5. The predicted octanol–water partition coefficient (Wildman–Crippen LogP) is 20.9. The van der Waals surface area contributed by atoms with E-state index in [9.17, 15) is 43.5 Å². The van der Waals surface area contributed by atoms with Gasteiger partial charge in [0.05, 0.1) is 26.4 Å². The van der Waals surface area contributed by atoms with Crippen LogP contribution >= 0.6 is 15.6 Å². The second-order valence-corrected chi connectivity index (χ2v) is 26.5. The number of allylic oxidation sites excluding steroid dienone is 28. The SMILES string of the molecule is CC/C=C\C/C=C\C/C=C\C/C=C\C/C=C\CCCC(=O)OCC(COP(=O)(O)OCC(O)COP(=O)(O)OCC(O)COC(=O)CCCCCCCCCCCCC/C=C\C/C=C\C/C=C\C/C=C\CCCCC)OC(=O)CCC/C=C\C/C=C\C/C=C\C/C=C\C/C=C\CC. The highest BCUT2D eigenvalue weighted by molar-refractivity contribution is 7.47. The molecule has 5 unspecified atom stereocenters. The lowest BCUT2D eigenvalue weighted by Crippen LogP contribution is -2.30. The summed E-state index contributed by atoms with van der Waals surface area (Å²) in [6, 6.07) is 0. The normalized spacial score (nSPS) is 15.1. The van der Waals surface area contributed by atoms with Gasteiger partial charge in [-0.05, 0) is 141 Å². The van der Waals surface area contributed by atoms with Crippen LogP contribution in [0.2, 0.25) is 0 Å². The van der Waals surface area contributed by atoms with E-state index < -0.39 is 91.5 Å².